The fourth-order valence-electron chi connectivity index (χ4n) is 1.82. The van der Waals surface area contributed by atoms with Gasteiger partial charge >= 0.3 is 0 Å². The van der Waals surface area contributed by atoms with Crippen LogP contribution in [-0.4, -0.2) is 17.2 Å². The van der Waals surface area contributed by atoms with Gasteiger partial charge in [-0.25, -0.2) is 0 Å². The molecule has 1 heterocycles. The van der Waals surface area contributed by atoms with Gasteiger partial charge in [0, 0.05) is 30.4 Å². The molecular formula is C15H18N2O2. The molecule has 0 radical (unpaired) electrons. The molecule has 0 saturated heterocycles. The second-order valence-electron chi connectivity index (χ2n) is 4.35. The summed E-state index contributed by atoms with van der Waals surface area (Å²) in [4.78, 5) is 4.30. The third kappa shape index (κ3) is 3.45. The van der Waals surface area contributed by atoms with Gasteiger partial charge in [-0.2, -0.15) is 0 Å². The summed E-state index contributed by atoms with van der Waals surface area (Å²) in [7, 11) is 1.58. The van der Waals surface area contributed by atoms with Gasteiger partial charge in [-0.05, 0) is 25.1 Å². The molecule has 0 aliphatic carbocycles. The number of phenolic OH excluding ortho intramolecular Hbond substituents is 1. The highest BCUT2D eigenvalue weighted by atomic mass is 16.5. The van der Waals surface area contributed by atoms with Gasteiger partial charge in [-0.15, -0.1) is 0 Å². The monoisotopic (exact) mass is 258 g/mol. The molecule has 19 heavy (non-hydrogen) atoms. The Bertz CT molecular complexity index is 529. The molecule has 1 aromatic carbocycles. The van der Waals surface area contributed by atoms with Crippen LogP contribution < -0.4 is 10.1 Å². The molecule has 1 atom stereocenters. The SMILES string of the molecule is COc1ccc(CN[C@@H](C)c2ccccn2)c(O)c1. The number of benzene rings is 1. The minimum absolute atomic E-state index is 0.128. The molecule has 0 aliphatic heterocycles. The van der Waals surface area contributed by atoms with Gasteiger partial charge in [0.2, 0.25) is 0 Å². The van der Waals surface area contributed by atoms with Crippen molar-refractivity contribution >= 4 is 0 Å². The first-order valence-electron chi connectivity index (χ1n) is 6.21. The Kier molecular flexibility index (Phi) is 4.36. The molecule has 0 fully saturated rings. The van der Waals surface area contributed by atoms with Crippen LogP contribution in [-0.2, 0) is 6.54 Å². The number of aromatic nitrogens is 1. The van der Waals surface area contributed by atoms with Gasteiger partial charge in [0.1, 0.15) is 11.5 Å². The van der Waals surface area contributed by atoms with Crippen molar-refractivity contribution in [1.29, 1.82) is 0 Å². The van der Waals surface area contributed by atoms with Crippen LogP contribution in [0.5, 0.6) is 11.5 Å². The Labute approximate surface area is 113 Å². The number of hydrogen-bond donors (Lipinski definition) is 2. The molecule has 2 N–H and O–H groups in total. The smallest absolute Gasteiger partial charge is 0.123 e. The van der Waals surface area contributed by atoms with E-state index in [0.29, 0.717) is 12.3 Å². The second-order valence-corrected chi connectivity index (χ2v) is 4.35. The van der Waals surface area contributed by atoms with Crippen molar-refractivity contribution in [3.63, 3.8) is 0 Å². The van der Waals surface area contributed by atoms with E-state index in [0.717, 1.165) is 11.3 Å². The summed E-state index contributed by atoms with van der Waals surface area (Å²) in [5.41, 5.74) is 1.82. The lowest BCUT2D eigenvalue weighted by atomic mass is 10.1. The Hall–Kier alpha value is -2.07. The van der Waals surface area contributed by atoms with Gasteiger partial charge in [-0.1, -0.05) is 12.1 Å². The van der Waals surface area contributed by atoms with Crippen molar-refractivity contribution in [3.05, 3.63) is 53.9 Å². The molecule has 2 aromatic rings. The molecule has 1 aromatic heterocycles. The van der Waals surface area contributed by atoms with E-state index in [1.165, 1.54) is 0 Å². The van der Waals surface area contributed by atoms with Crippen molar-refractivity contribution < 1.29 is 9.84 Å². The van der Waals surface area contributed by atoms with Crippen molar-refractivity contribution in [2.24, 2.45) is 0 Å². The third-order valence-corrected chi connectivity index (χ3v) is 3.02. The topological polar surface area (TPSA) is 54.4 Å². The van der Waals surface area contributed by atoms with E-state index >= 15 is 0 Å². The maximum Gasteiger partial charge on any atom is 0.123 e. The van der Waals surface area contributed by atoms with Crippen LogP contribution in [0.2, 0.25) is 0 Å². The number of nitrogens with zero attached hydrogens (tertiary/aromatic N) is 1. The molecule has 100 valence electrons. The van der Waals surface area contributed by atoms with E-state index < -0.39 is 0 Å². The third-order valence-electron chi connectivity index (χ3n) is 3.02. The lowest BCUT2D eigenvalue weighted by Crippen LogP contribution is -2.19. The zero-order valence-corrected chi connectivity index (χ0v) is 11.1. The molecule has 0 saturated carbocycles. The molecule has 2 rings (SSSR count). The van der Waals surface area contributed by atoms with Crippen LogP contribution in [0.1, 0.15) is 24.2 Å². The summed E-state index contributed by atoms with van der Waals surface area (Å²) in [5, 5.41) is 13.2. The highest BCUT2D eigenvalue weighted by molar-refractivity contribution is 5.39. The predicted molar refractivity (Wildman–Crippen MR) is 74.2 cm³/mol. The summed E-state index contributed by atoms with van der Waals surface area (Å²) >= 11 is 0. The van der Waals surface area contributed by atoms with E-state index in [1.54, 1.807) is 19.4 Å². The Morgan fingerprint density at radius 3 is 2.79 bits per heavy atom. The summed E-state index contributed by atoms with van der Waals surface area (Å²) in [6.45, 7) is 2.62. The van der Waals surface area contributed by atoms with Crippen molar-refractivity contribution in [2.45, 2.75) is 19.5 Å². The highest BCUT2D eigenvalue weighted by Crippen LogP contribution is 2.23. The molecule has 0 amide bonds. The summed E-state index contributed by atoms with van der Waals surface area (Å²) in [5.74, 6) is 0.888. The number of methoxy groups -OCH3 is 1. The van der Waals surface area contributed by atoms with Crippen LogP contribution in [0.15, 0.2) is 42.6 Å². The normalized spacial score (nSPS) is 12.1. The van der Waals surface area contributed by atoms with Crippen molar-refractivity contribution in [1.82, 2.24) is 10.3 Å². The van der Waals surface area contributed by atoms with Crippen LogP contribution in [0.3, 0.4) is 0 Å². The minimum atomic E-state index is 0.128. The number of pyridine rings is 1. The van der Waals surface area contributed by atoms with Gasteiger partial charge in [0.25, 0.3) is 0 Å². The standard InChI is InChI=1S/C15H18N2O2/c1-11(14-5-3-4-8-16-14)17-10-12-6-7-13(19-2)9-15(12)18/h3-9,11,17-18H,10H2,1-2H3/t11-/m0/s1. The maximum atomic E-state index is 9.87. The summed E-state index contributed by atoms with van der Waals surface area (Å²) < 4.78 is 5.05. The molecule has 4 heteroatoms. The number of hydrogen-bond acceptors (Lipinski definition) is 4. The molecule has 4 nitrogen and oxygen atoms in total. The molecule has 0 bridgehead atoms. The Morgan fingerprint density at radius 1 is 1.32 bits per heavy atom. The van der Waals surface area contributed by atoms with Gasteiger partial charge < -0.3 is 15.2 Å². The number of phenols is 1. The quantitative estimate of drug-likeness (QED) is 0.865. The first kappa shape index (κ1) is 13.4. The van der Waals surface area contributed by atoms with E-state index in [4.69, 9.17) is 4.74 Å². The number of nitrogens with one attached hydrogen (secondary N) is 1. The van der Waals surface area contributed by atoms with Crippen LogP contribution >= 0.6 is 0 Å². The second kappa shape index (κ2) is 6.20. The lowest BCUT2D eigenvalue weighted by molar-refractivity contribution is 0.405. The van der Waals surface area contributed by atoms with Crippen molar-refractivity contribution in [3.8, 4) is 11.5 Å². The van der Waals surface area contributed by atoms with E-state index in [9.17, 15) is 5.11 Å². The first-order chi connectivity index (χ1) is 9.20. The zero-order valence-electron chi connectivity index (χ0n) is 11.1. The largest absolute Gasteiger partial charge is 0.507 e. The first-order valence-corrected chi connectivity index (χ1v) is 6.21. The number of ether oxygens (including phenoxy) is 1. The fourth-order valence-corrected chi connectivity index (χ4v) is 1.82. The average molecular weight is 258 g/mol. The van der Waals surface area contributed by atoms with E-state index in [-0.39, 0.29) is 11.8 Å². The van der Waals surface area contributed by atoms with Crippen LogP contribution in [0.4, 0.5) is 0 Å². The number of aromatic hydroxyl groups is 1. The lowest BCUT2D eigenvalue weighted by Gasteiger charge is -2.14. The minimum Gasteiger partial charge on any atom is -0.507 e. The predicted octanol–water partition coefficient (Wildman–Crippen LogP) is 2.65. The van der Waals surface area contributed by atoms with Crippen LogP contribution in [0, 0.1) is 0 Å². The molecule has 0 spiro atoms. The van der Waals surface area contributed by atoms with Crippen molar-refractivity contribution in [2.75, 3.05) is 7.11 Å². The maximum absolute atomic E-state index is 9.87. The average Bonchev–Trinajstić information content (AvgIpc) is 2.46. The summed E-state index contributed by atoms with van der Waals surface area (Å²) in [6.07, 6.45) is 1.78. The van der Waals surface area contributed by atoms with E-state index in [2.05, 4.69) is 10.3 Å². The fraction of sp³-hybridized carbons (Fsp3) is 0.267. The summed E-state index contributed by atoms with van der Waals surface area (Å²) in [6, 6.07) is 11.3. The molecular weight excluding hydrogens is 240 g/mol. The molecule has 0 aliphatic rings. The van der Waals surface area contributed by atoms with E-state index in [1.807, 2.05) is 37.3 Å². The van der Waals surface area contributed by atoms with Crippen LogP contribution in [0.25, 0.3) is 0 Å². The molecule has 0 unspecified atom stereocenters. The number of rotatable bonds is 5. The van der Waals surface area contributed by atoms with Gasteiger partial charge in [-0.3, -0.25) is 4.98 Å². The van der Waals surface area contributed by atoms with Gasteiger partial charge in [0.05, 0.1) is 12.8 Å². The Morgan fingerprint density at radius 2 is 2.16 bits per heavy atom. The zero-order chi connectivity index (χ0) is 13.7. The highest BCUT2D eigenvalue weighted by Gasteiger charge is 2.08. The Balaban J connectivity index is 1.99. The van der Waals surface area contributed by atoms with Gasteiger partial charge in [0.15, 0.2) is 0 Å².